The number of ether oxygens (including phenoxy) is 1. The molecule has 0 saturated carbocycles. The summed E-state index contributed by atoms with van der Waals surface area (Å²) in [5.74, 6) is 0.251. The molecule has 0 aliphatic heterocycles. The van der Waals surface area contributed by atoms with Crippen LogP contribution in [0.25, 0.3) is 0 Å². The van der Waals surface area contributed by atoms with Gasteiger partial charge in [-0.15, -0.1) is 0 Å². The van der Waals surface area contributed by atoms with Gasteiger partial charge < -0.3 is 10.5 Å². The minimum absolute atomic E-state index is 0.181. The van der Waals surface area contributed by atoms with Crippen LogP contribution in [0, 0.1) is 0 Å². The molecule has 1 heterocycles. The fourth-order valence-corrected chi connectivity index (χ4v) is 1.20. The van der Waals surface area contributed by atoms with E-state index in [1.165, 1.54) is 0 Å². The highest BCUT2D eigenvalue weighted by molar-refractivity contribution is 5.69. The van der Waals surface area contributed by atoms with Crippen LogP contribution >= 0.6 is 0 Å². The number of aryl methyl sites for hydroxylation is 1. The normalized spacial score (nSPS) is 9.93. The maximum absolute atomic E-state index is 11.0. The first-order chi connectivity index (χ1) is 7.24. The smallest absolute Gasteiger partial charge is 0.305 e. The zero-order chi connectivity index (χ0) is 11.1. The van der Waals surface area contributed by atoms with E-state index in [0.717, 1.165) is 5.69 Å². The number of nitrogens with zero attached hydrogens (tertiary/aromatic N) is 2. The predicted molar refractivity (Wildman–Crippen MR) is 56.0 cm³/mol. The lowest BCUT2D eigenvalue weighted by Crippen LogP contribution is -2.05. The molecule has 0 radical (unpaired) electrons. The number of hydrogen-bond donors (Lipinski definition) is 1. The van der Waals surface area contributed by atoms with E-state index < -0.39 is 0 Å². The second kappa shape index (κ2) is 5.95. The summed E-state index contributed by atoms with van der Waals surface area (Å²) in [6, 6.07) is 0. The Hall–Kier alpha value is -1.65. The lowest BCUT2D eigenvalue weighted by Gasteiger charge is -2.03. The lowest BCUT2D eigenvalue weighted by molar-refractivity contribution is -0.143. The topological polar surface area (TPSA) is 78.1 Å². The largest absolute Gasteiger partial charge is 0.466 e. The van der Waals surface area contributed by atoms with Gasteiger partial charge in [0.25, 0.3) is 0 Å². The molecule has 0 spiro atoms. The molecule has 0 amide bonds. The highest BCUT2D eigenvalue weighted by Gasteiger charge is 2.04. The first-order valence-electron chi connectivity index (χ1n) is 4.95. The zero-order valence-electron chi connectivity index (χ0n) is 8.77. The molecule has 15 heavy (non-hydrogen) atoms. The molecule has 5 heteroatoms. The summed E-state index contributed by atoms with van der Waals surface area (Å²) in [4.78, 5) is 19.0. The van der Waals surface area contributed by atoms with E-state index in [4.69, 9.17) is 10.5 Å². The Morgan fingerprint density at radius 1 is 1.47 bits per heavy atom. The highest BCUT2D eigenvalue weighted by atomic mass is 16.5. The van der Waals surface area contributed by atoms with Crippen LogP contribution in [0.4, 0.5) is 5.82 Å². The first kappa shape index (κ1) is 11.4. The number of aromatic nitrogens is 2. The Bertz CT molecular complexity index is 328. The van der Waals surface area contributed by atoms with E-state index in [1.807, 2.05) is 0 Å². The summed E-state index contributed by atoms with van der Waals surface area (Å²) >= 11 is 0. The number of carbonyl (C=O) groups is 1. The van der Waals surface area contributed by atoms with E-state index in [2.05, 4.69) is 9.97 Å². The Morgan fingerprint density at radius 2 is 2.20 bits per heavy atom. The number of carbonyl (C=O) groups excluding carboxylic acids is 1. The van der Waals surface area contributed by atoms with Crippen molar-refractivity contribution in [3.63, 3.8) is 0 Å². The Balaban J connectivity index is 2.32. The van der Waals surface area contributed by atoms with E-state index in [1.54, 1.807) is 19.3 Å². The number of nitrogens with two attached hydrogens (primary N) is 1. The second-order valence-corrected chi connectivity index (χ2v) is 3.05. The molecule has 0 aromatic carbocycles. The van der Waals surface area contributed by atoms with E-state index in [0.29, 0.717) is 31.7 Å². The van der Waals surface area contributed by atoms with Crippen LogP contribution in [-0.2, 0) is 16.0 Å². The van der Waals surface area contributed by atoms with Crippen molar-refractivity contribution < 1.29 is 9.53 Å². The standard InChI is InChI=1S/C10H15N3O2/c1-2-15-9(14)5-3-4-8-10(11)13-7-6-12-8/h6-7H,2-5H2,1H3,(H2,11,13). The van der Waals surface area contributed by atoms with Gasteiger partial charge in [0.15, 0.2) is 0 Å². The molecule has 5 nitrogen and oxygen atoms in total. The molecule has 0 aliphatic rings. The number of rotatable bonds is 5. The van der Waals surface area contributed by atoms with Crippen LogP contribution in [0.15, 0.2) is 12.4 Å². The number of hydrogen-bond acceptors (Lipinski definition) is 5. The van der Waals surface area contributed by atoms with Crippen molar-refractivity contribution in [2.45, 2.75) is 26.2 Å². The third-order valence-electron chi connectivity index (χ3n) is 1.91. The minimum atomic E-state index is -0.181. The van der Waals surface area contributed by atoms with Crippen molar-refractivity contribution in [2.24, 2.45) is 0 Å². The summed E-state index contributed by atoms with van der Waals surface area (Å²) in [6.07, 6.45) is 4.87. The molecular weight excluding hydrogens is 194 g/mol. The third-order valence-corrected chi connectivity index (χ3v) is 1.91. The SMILES string of the molecule is CCOC(=O)CCCc1nccnc1N. The molecular formula is C10H15N3O2. The van der Waals surface area contributed by atoms with Crippen molar-refractivity contribution in [1.82, 2.24) is 9.97 Å². The Labute approximate surface area is 88.7 Å². The molecule has 0 bridgehead atoms. The summed E-state index contributed by atoms with van der Waals surface area (Å²) < 4.78 is 4.80. The average Bonchev–Trinajstić information content (AvgIpc) is 2.21. The maximum atomic E-state index is 11.0. The van der Waals surface area contributed by atoms with Gasteiger partial charge in [-0.1, -0.05) is 0 Å². The van der Waals surface area contributed by atoms with Crippen LogP contribution in [0.2, 0.25) is 0 Å². The molecule has 0 aliphatic carbocycles. The fourth-order valence-electron chi connectivity index (χ4n) is 1.20. The van der Waals surface area contributed by atoms with Gasteiger partial charge in [0.05, 0.1) is 12.3 Å². The van der Waals surface area contributed by atoms with Crippen molar-refractivity contribution in [1.29, 1.82) is 0 Å². The van der Waals surface area contributed by atoms with E-state index in [9.17, 15) is 4.79 Å². The molecule has 1 aromatic rings. The van der Waals surface area contributed by atoms with Gasteiger partial charge >= 0.3 is 5.97 Å². The second-order valence-electron chi connectivity index (χ2n) is 3.05. The quantitative estimate of drug-likeness (QED) is 0.730. The fraction of sp³-hybridized carbons (Fsp3) is 0.500. The van der Waals surface area contributed by atoms with Gasteiger partial charge in [0.1, 0.15) is 5.82 Å². The van der Waals surface area contributed by atoms with Gasteiger partial charge in [-0.25, -0.2) is 4.98 Å². The highest BCUT2D eigenvalue weighted by Crippen LogP contribution is 2.07. The number of nitrogen functional groups attached to an aromatic ring is 1. The Kier molecular flexibility index (Phi) is 4.53. The van der Waals surface area contributed by atoms with Crippen molar-refractivity contribution in [3.8, 4) is 0 Å². The Morgan fingerprint density at radius 3 is 2.87 bits per heavy atom. The van der Waals surface area contributed by atoms with Crippen molar-refractivity contribution in [3.05, 3.63) is 18.1 Å². The van der Waals surface area contributed by atoms with Crippen molar-refractivity contribution in [2.75, 3.05) is 12.3 Å². The van der Waals surface area contributed by atoms with Gasteiger partial charge in [-0.2, -0.15) is 0 Å². The summed E-state index contributed by atoms with van der Waals surface area (Å²) in [6.45, 7) is 2.21. The third kappa shape index (κ3) is 3.93. The molecule has 1 aromatic heterocycles. The average molecular weight is 209 g/mol. The van der Waals surface area contributed by atoms with E-state index in [-0.39, 0.29) is 5.97 Å². The molecule has 0 saturated heterocycles. The van der Waals surface area contributed by atoms with Crippen LogP contribution in [0.5, 0.6) is 0 Å². The molecule has 1 rings (SSSR count). The molecule has 0 atom stereocenters. The lowest BCUT2D eigenvalue weighted by atomic mass is 10.2. The van der Waals surface area contributed by atoms with Gasteiger partial charge in [-0.05, 0) is 19.8 Å². The number of esters is 1. The predicted octanol–water partition coefficient (Wildman–Crippen LogP) is 0.945. The van der Waals surface area contributed by atoms with E-state index >= 15 is 0 Å². The summed E-state index contributed by atoms with van der Waals surface area (Å²) in [5, 5.41) is 0. The van der Waals surface area contributed by atoms with Gasteiger partial charge in [0, 0.05) is 18.8 Å². The van der Waals surface area contributed by atoms with Crippen LogP contribution < -0.4 is 5.73 Å². The van der Waals surface area contributed by atoms with Crippen LogP contribution in [0.3, 0.4) is 0 Å². The van der Waals surface area contributed by atoms with Crippen LogP contribution in [-0.4, -0.2) is 22.5 Å². The first-order valence-corrected chi connectivity index (χ1v) is 4.95. The molecule has 0 unspecified atom stereocenters. The molecule has 82 valence electrons. The van der Waals surface area contributed by atoms with Gasteiger partial charge in [0.2, 0.25) is 0 Å². The maximum Gasteiger partial charge on any atom is 0.305 e. The zero-order valence-corrected chi connectivity index (χ0v) is 8.77. The summed E-state index contributed by atoms with van der Waals surface area (Å²) in [5.41, 5.74) is 6.34. The molecule has 2 N–H and O–H groups in total. The molecule has 0 fully saturated rings. The monoisotopic (exact) mass is 209 g/mol. The van der Waals surface area contributed by atoms with Crippen molar-refractivity contribution >= 4 is 11.8 Å². The summed E-state index contributed by atoms with van der Waals surface area (Å²) in [7, 11) is 0. The van der Waals surface area contributed by atoms with Crippen LogP contribution in [0.1, 0.15) is 25.5 Å². The van der Waals surface area contributed by atoms with Gasteiger partial charge in [-0.3, -0.25) is 9.78 Å². The minimum Gasteiger partial charge on any atom is -0.466 e. The number of anilines is 1.